The molecule has 184 valence electrons. The molecule has 0 fully saturated rings. The summed E-state index contributed by atoms with van der Waals surface area (Å²) in [7, 11) is 0. The van der Waals surface area contributed by atoms with Crippen molar-refractivity contribution in [3.05, 3.63) is 86.1 Å². The number of nitrogens with one attached hydrogen (secondary N) is 3. The Labute approximate surface area is 214 Å². The first-order valence-electron chi connectivity index (χ1n) is 10.7. The summed E-state index contributed by atoms with van der Waals surface area (Å²) in [5.41, 5.74) is 7.05. The molecule has 1 aliphatic rings. The summed E-state index contributed by atoms with van der Waals surface area (Å²) in [6.45, 7) is -0.0255. The number of nitrogens with zero attached hydrogens (tertiary/aromatic N) is 1. The highest BCUT2D eigenvalue weighted by molar-refractivity contribution is 7.18. The zero-order valence-corrected chi connectivity index (χ0v) is 20.2. The highest BCUT2D eigenvalue weighted by Crippen LogP contribution is 2.31. The Morgan fingerprint density at radius 1 is 0.917 bits per heavy atom. The lowest BCUT2D eigenvalue weighted by Gasteiger charge is -2.15. The smallest absolute Gasteiger partial charge is 0.315 e. The van der Waals surface area contributed by atoms with Crippen molar-refractivity contribution in [3.8, 4) is 0 Å². The highest BCUT2D eigenvalue weighted by atomic mass is 35.5. The number of anilines is 1. The van der Waals surface area contributed by atoms with Crippen molar-refractivity contribution >= 4 is 58.3 Å². The SMILES string of the molecule is NC(=O)CNC(=O)NCc1ccc(CN2C(=O)c3cccc(NC(=O)c4ccc(Cl)s4)c3C2=O)cc1. The lowest BCUT2D eigenvalue weighted by Crippen LogP contribution is -2.40. The molecule has 5 N–H and O–H groups in total. The van der Waals surface area contributed by atoms with E-state index >= 15 is 0 Å². The van der Waals surface area contributed by atoms with Crippen LogP contribution in [0.5, 0.6) is 0 Å². The third-order valence-corrected chi connectivity index (χ3v) is 6.51. The lowest BCUT2D eigenvalue weighted by atomic mass is 10.1. The third kappa shape index (κ3) is 5.53. The van der Waals surface area contributed by atoms with E-state index in [1.165, 1.54) is 0 Å². The number of primary amides is 1. The molecule has 1 aromatic heterocycles. The van der Waals surface area contributed by atoms with Gasteiger partial charge in [-0.15, -0.1) is 11.3 Å². The Bertz CT molecular complexity index is 1370. The number of hydrogen-bond acceptors (Lipinski definition) is 6. The Kier molecular flexibility index (Phi) is 7.32. The molecule has 0 saturated carbocycles. The van der Waals surface area contributed by atoms with Crippen molar-refractivity contribution in [3.63, 3.8) is 0 Å². The van der Waals surface area contributed by atoms with Crippen LogP contribution < -0.4 is 21.7 Å². The predicted molar refractivity (Wildman–Crippen MR) is 134 cm³/mol. The minimum Gasteiger partial charge on any atom is -0.368 e. The minimum absolute atomic E-state index is 0.0348. The normalized spacial score (nSPS) is 12.3. The summed E-state index contributed by atoms with van der Waals surface area (Å²) in [6, 6.07) is 14.4. The van der Waals surface area contributed by atoms with Gasteiger partial charge in [-0.2, -0.15) is 0 Å². The van der Waals surface area contributed by atoms with E-state index in [0.717, 1.165) is 21.8 Å². The molecule has 2 aromatic carbocycles. The summed E-state index contributed by atoms with van der Waals surface area (Å²) in [4.78, 5) is 62.5. The molecule has 0 radical (unpaired) electrons. The monoisotopic (exact) mass is 525 g/mol. The van der Waals surface area contributed by atoms with E-state index in [1.807, 2.05) is 0 Å². The van der Waals surface area contributed by atoms with Crippen LogP contribution in [0, 0.1) is 0 Å². The van der Waals surface area contributed by atoms with E-state index in [9.17, 15) is 24.0 Å². The molecule has 3 aromatic rings. The number of amides is 6. The minimum atomic E-state index is -0.649. The maximum atomic E-state index is 13.2. The molecule has 0 spiro atoms. The maximum absolute atomic E-state index is 13.2. The van der Waals surface area contributed by atoms with Crippen LogP contribution in [-0.2, 0) is 17.9 Å². The van der Waals surface area contributed by atoms with Gasteiger partial charge in [0.05, 0.1) is 39.1 Å². The van der Waals surface area contributed by atoms with Crippen LogP contribution in [0.4, 0.5) is 10.5 Å². The Morgan fingerprint density at radius 2 is 1.64 bits per heavy atom. The van der Waals surface area contributed by atoms with Gasteiger partial charge < -0.3 is 21.7 Å². The number of urea groups is 1. The molecule has 0 aliphatic carbocycles. The molecule has 0 bridgehead atoms. The maximum Gasteiger partial charge on any atom is 0.315 e. The van der Waals surface area contributed by atoms with Crippen molar-refractivity contribution in [1.29, 1.82) is 0 Å². The molecule has 36 heavy (non-hydrogen) atoms. The van der Waals surface area contributed by atoms with Gasteiger partial charge in [0.2, 0.25) is 5.91 Å². The Morgan fingerprint density at radius 3 is 2.31 bits per heavy atom. The summed E-state index contributed by atoms with van der Waals surface area (Å²) < 4.78 is 0.462. The molecule has 0 unspecified atom stereocenters. The highest BCUT2D eigenvalue weighted by Gasteiger charge is 2.37. The summed E-state index contributed by atoms with van der Waals surface area (Å²) >= 11 is 7.01. The van der Waals surface area contributed by atoms with Gasteiger partial charge in [-0.3, -0.25) is 24.1 Å². The number of halogens is 1. The van der Waals surface area contributed by atoms with Gasteiger partial charge in [-0.1, -0.05) is 41.9 Å². The van der Waals surface area contributed by atoms with Crippen LogP contribution in [-0.4, -0.2) is 41.1 Å². The van der Waals surface area contributed by atoms with Gasteiger partial charge in [0.1, 0.15) is 0 Å². The number of carbonyl (C=O) groups excluding carboxylic acids is 5. The van der Waals surface area contributed by atoms with Gasteiger partial charge in [-0.25, -0.2) is 4.79 Å². The first-order valence-corrected chi connectivity index (χ1v) is 11.9. The predicted octanol–water partition coefficient (Wildman–Crippen LogP) is 2.73. The standard InChI is InChI=1S/C24H20ClN5O5S/c25-18-9-8-17(36-18)21(32)29-16-3-1-2-15-20(16)23(34)30(22(15)33)12-14-6-4-13(5-7-14)10-27-24(35)28-11-19(26)31/h1-9H,10-12H2,(H2,26,31)(H,29,32)(H2,27,28,35). The number of thiophene rings is 1. The fourth-order valence-electron chi connectivity index (χ4n) is 3.56. The van der Waals surface area contributed by atoms with Crippen LogP contribution in [0.1, 0.15) is 41.5 Å². The molecular formula is C24H20ClN5O5S. The van der Waals surface area contributed by atoms with Crippen molar-refractivity contribution in [2.45, 2.75) is 13.1 Å². The molecule has 6 amide bonds. The van der Waals surface area contributed by atoms with Gasteiger partial charge in [-0.05, 0) is 35.4 Å². The lowest BCUT2D eigenvalue weighted by molar-refractivity contribution is -0.117. The van der Waals surface area contributed by atoms with Crippen molar-refractivity contribution in [2.24, 2.45) is 5.73 Å². The zero-order chi connectivity index (χ0) is 25.8. The van der Waals surface area contributed by atoms with E-state index in [1.54, 1.807) is 54.6 Å². The molecular weight excluding hydrogens is 506 g/mol. The van der Waals surface area contributed by atoms with Gasteiger partial charge in [0.25, 0.3) is 17.7 Å². The molecule has 12 heteroatoms. The number of imide groups is 1. The number of carbonyl (C=O) groups is 5. The average molecular weight is 526 g/mol. The van der Waals surface area contributed by atoms with E-state index in [4.69, 9.17) is 17.3 Å². The van der Waals surface area contributed by atoms with Crippen LogP contribution in [0.2, 0.25) is 4.34 Å². The number of nitrogens with two attached hydrogens (primary N) is 1. The second-order valence-electron chi connectivity index (χ2n) is 7.80. The first kappa shape index (κ1) is 24.9. The number of hydrogen-bond donors (Lipinski definition) is 4. The molecule has 10 nitrogen and oxygen atoms in total. The van der Waals surface area contributed by atoms with E-state index in [-0.39, 0.29) is 36.4 Å². The Hall–Kier alpha value is -4.22. The quantitative estimate of drug-likeness (QED) is 0.333. The molecule has 2 heterocycles. The summed E-state index contributed by atoms with van der Waals surface area (Å²) in [5, 5.41) is 7.61. The third-order valence-electron chi connectivity index (χ3n) is 5.28. The van der Waals surface area contributed by atoms with Crippen molar-refractivity contribution in [1.82, 2.24) is 15.5 Å². The fraction of sp³-hybridized carbons (Fsp3) is 0.125. The largest absolute Gasteiger partial charge is 0.368 e. The Balaban J connectivity index is 1.42. The van der Waals surface area contributed by atoms with Crippen molar-refractivity contribution < 1.29 is 24.0 Å². The first-order chi connectivity index (χ1) is 17.2. The zero-order valence-electron chi connectivity index (χ0n) is 18.7. The second-order valence-corrected chi connectivity index (χ2v) is 9.52. The van der Waals surface area contributed by atoms with Crippen LogP contribution in [0.15, 0.2) is 54.6 Å². The number of fused-ring (bicyclic) bond motifs is 1. The van der Waals surface area contributed by atoms with E-state index < -0.39 is 29.7 Å². The summed E-state index contributed by atoms with van der Waals surface area (Å²) in [6.07, 6.45) is 0. The number of rotatable bonds is 8. The van der Waals surface area contributed by atoms with Crippen LogP contribution >= 0.6 is 22.9 Å². The molecule has 0 atom stereocenters. The van der Waals surface area contributed by atoms with Gasteiger partial charge >= 0.3 is 6.03 Å². The average Bonchev–Trinajstić information content (AvgIpc) is 3.40. The van der Waals surface area contributed by atoms with Crippen LogP contribution in [0.25, 0.3) is 0 Å². The molecule has 1 aliphatic heterocycles. The van der Waals surface area contributed by atoms with Crippen molar-refractivity contribution in [2.75, 3.05) is 11.9 Å². The summed E-state index contributed by atoms with van der Waals surface area (Å²) in [5.74, 6) is -2.04. The molecule has 0 saturated heterocycles. The van der Waals surface area contributed by atoms with E-state index in [0.29, 0.717) is 14.8 Å². The van der Waals surface area contributed by atoms with Gasteiger partial charge in [0, 0.05) is 6.54 Å². The number of benzene rings is 2. The van der Waals surface area contributed by atoms with Crippen LogP contribution in [0.3, 0.4) is 0 Å². The topological polar surface area (TPSA) is 151 Å². The van der Waals surface area contributed by atoms with E-state index in [2.05, 4.69) is 16.0 Å². The fourth-order valence-corrected chi connectivity index (χ4v) is 4.50. The van der Waals surface area contributed by atoms with Gasteiger partial charge in [0.15, 0.2) is 0 Å². The second kappa shape index (κ2) is 10.6. The molecule has 4 rings (SSSR count).